The molecule has 0 saturated heterocycles. The predicted molar refractivity (Wildman–Crippen MR) is 93.5 cm³/mol. The molecule has 0 aromatic heterocycles. The van der Waals surface area contributed by atoms with Crippen molar-refractivity contribution in [3.05, 3.63) is 34.4 Å². The third kappa shape index (κ3) is 8.30. The van der Waals surface area contributed by atoms with Gasteiger partial charge in [0, 0.05) is 11.1 Å². The molecule has 0 fully saturated rings. The number of hydrogen-bond donors (Lipinski definition) is 3. The Labute approximate surface area is 143 Å². The summed E-state index contributed by atoms with van der Waals surface area (Å²) in [6, 6.07) is 1.75. The molecule has 138 valence electrons. The normalized spacial score (nSPS) is 10.5. The number of primary sulfonamides is 1. The van der Waals surface area contributed by atoms with Gasteiger partial charge in [0.25, 0.3) is 0 Å². The van der Waals surface area contributed by atoms with Crippen molar-refractivity contribution in [3.63, 3.8) is 0 Å². The number of allylic oxidation sites excluding steroid dienone is 1. The number of methoxy groups -OCH3 is 1. The predicted octanol–water partition coefficient (Wildman–Crippen LogP) is 1.24. The molecular formula is C16H27NO6S. The van der Waals surface area contributed by atoms with Gasteiger partial charge in [-0.2, -0.15) is 0 Å². The Kier molecular flexibility index (Phi) is 9.60. The van der Waals surface area contributed by atoms with Crippen LogP contribution in [0.15, 0.2) is 17.7 Å². The number of sulfonamides is 1. The van der Waals surface area contributed by atoms with Crippen LogP contribution in [0.1, 0.15) is 30.5 Å². The van der Waals surface area contributed by atoms with Gasteiger partial charge in [0.05, 0.1) is 26.6 Å². The van der Waals surface area contributed by atoms with Crippen molar-refractivity contribution >= 4 is 10.0 Å². The fourth-order valence-corrected chi connectivity index (χ4v) is 1.88. The zero-order valence-corrected chi connectivity index (χ0v) is 15.6. The first-order valence-electron chi connectivity index (χ1n) is 7.20. The SMILES string of the molecule is COc1c(C)c(OCC=C(C)C)cc(CO)c1CO.CS(N)(=O)=O. The molecule has 0 aliphatic rings. The zero-order chi connectivity index (χ0) is 18.9. The second-order valence-corrected chi connectivity index (χ2v) is 7.07. The Bertz CT molecular complexity index is 656. The van der Waals surface area contributed by atoms with Crippen molar-refractivity contribution in [3.8, 4) is 11.5 Å². The van der Waals surface area contributed by atoms with Crippen molar-refractivity contribution in [1.29, 1.82) is 0 Å². The topological polar surface area (TPSA) is 119 Å². The minimum absolute atomic E-state index is 0.161. The van der Waals surface area contributed by atoms with Crippen LogP contribution < -0.4 is 14.6 Å². The maximum Gasteiger partial charge on any atom is 0.206 e. The smallest absolute Gasteiger partial charge is 0.206 e. The quantitative estimate of drug-likeness (QED) is 0.656. The molecule has 0 radical (unpaired) electrons. The first-order chi connectivity index (χ1) is 11.0. The minimum atomic E-state index is -3.17. The lowest BCUT2D eigenvalue weighted by Gasteiger charge is -2.17. The molecule has 7 nitrogen and oxygen atoms in total. The summed E-state index contributed by atoms with van der Waals surface area (Å²) in [5.41, 5.74) is 3.24. The molecule has 4 N–H and O–H groups in total. The van der Waals surface area contributed by atoms with E-state index in [0.29, 0.717) is 29.2 Å². The second-order valence-electron chi connectivity index (χ2n) is 5.41. The summed E-state index contributed by atoms with van der Waals surface area (Å²) in [5.74, 6) is 1.23. The lowest BCUT2D eigenvalue weighted by molar-refractivity contribution is 0.252. The summed E-state index contributed by atoms with van der Waals surface area (Å²) in [4.78, 5) is 0. The highest BCUT2D eigenvalue weighted by Crippen LogP contribution is 2.34. The van der Waals surface area contributed by atoms with Gasteiger partial charge in [-0.1, -0.05) is 5.57 Å². The van der Waals surface area contributed by atoms with Crippen LogP contribution in [0.25, 0.3) is 0 Å². The summed E-state index contributed by atoms with van der Waals surface area (Å²) in [7, 11) is -1.62. The van der Waals surface area contributed by atoms with Crippen LogP contribution in [0.2, 0.25) is 0 Å². The summed E-state index contributed by atoms with van der Waals surface area (Å²) in [6.07, 6.45) is 2.91. The molecule has 0 aliphatic carbocycles. The van der Waals surface area contributed by atoms with E-state index in [1.165, 1.54) is 5.57 Å². The first kappa shape index (κ1) is 22.4. The van der Waals surface area contributed by atoms with Crippen molar-refractivity contribution in [2.75, 3.05) is 20.0 Å². The molecule has 1 aromatic rings. The number of aliphatic hydroxyl groups excluding tert-OH is 2. The number of hydrogen-bond acceptors (Lipinski definition) is 6. The maximum absolute atomic E-state index is 9.41. The third-order valence-corrected chi connectivity index (χ3v) is 2.94. The van der Waals surface area contributed by atoms with Crippen molar-refractivity contribution in [2.45, 2.75) is 34.0 Å². The van der Waals surface area contributed by atoms with Gasteiger partial charge < -0.3 is 19.7 Å². The van der Waals surface area contributed by atoms with E-state index in [1.54, 1.807) is 13.2 Å². The van der Waals surface area contributed by atoms with Crippen LogP contribution in [0.3, 0.4) is 0 Å². The van der Waals surface area contributed by atoms with E-state index in [-0.39, 0.29) is 13.2 Å². The Morgan fingerprint density at radius 2 is 1.83 bits per heavy atom. The van der Waals surface area contributed by atoms with Gasteiger partial charge in [-0.05, 0) is 38.5 Å². The highest BCUT2D eigenvalue weighted by Gasteiger charge is 2.16. The summed E-state index contributed by atoms with van der Waals surface area (Å²) in [6.45, 7) is 6.02. The third-order valence-electron chi connectivity index (χ3n) is 2.94. The maximum atomic E-state index is 9.41. The molecular weight excluding hydrogens is 334 g/mol. The van der Waals surface area contributed by atoms with Gasteiger partial charge in [-0.15, -0.1) is 0 Å². The molecule has 0 amide bonds. The average molecular weight is 361 g/mol. The van der Waals surface area contributed by atoms with Crippen LogP contribution in [-0.2, 0) is 23.2 Å². The molecule has 0 spiro atoms. The number of rotatable bonds is 6. The average Bonchev–Trinajstić information content (AvgIpc) is 2.46. The van der Waals surface area contributed by atoms with Gasteiger partial charge >= 0.3 is 0 Å². The van der Waals surface area contributed by atoms with Gasteiger partial charge in [-0.3, -0.25) is 0 Å². The molecule has 0 heterocycles. The molecule has 0 unspecified atom stereocenters. The van der Waals surface area contributed by atoms with Crippen LogP contribution in [0.4, 0.5) is 0 Å². The Balaban J connectivity index is 0.000000922. The molecule has 0 saturated carbocycles. The summed E-state index contributed by atoms with van der Waals surface area (Å²) >= 11 is 0. The van der Waals surface area contributed by atoms with Gasteiger partial charge in [0.1, 0.15) is 18.1 Å². The molecule has 24 heavy (non-hydrogen) atoms. The van der Waals surface area contributed by atoms with Crippen LogP contribution >= 0.6 is 0 Å². The van der Waals surface area contributed by atoms with Crippen molar-refractivity contribution in [2.24, 2.45) is 5.14 Å². The first-order valence-corrected chi connectivity index (χ1v) is 9.15. The minimum Gasteiger partial charge on any atom is -0.496 e. The molecule has 0 bridgehead atoms. The van der Waals surface area contributed by atoms with Crippen LogP contribution in [-0.4, -0.2) is 38.6 Å². The lowest BCUT2D eigenvalue weighted by atomic mass is 10.0. The standard InChI is InChI=1S/C15H22O4.CH5NO2S/c1-10(2)5-6-19-14-7-12(8-16)13(9-17)15(18-4)11(14)3;1-5(2,3)4/h5,7,16-17H,6,8-9H2,1-4H3;1H3,(H2,2,3,4). The number of ether oxygens (including phenoxy) is 2. The second kappa shape index (κ2) is 10.3. The van der Waals surface area contributed by atoms with E-state index in [2.05, 4.69) is 5.14 Å². The largest absolute Gasteiger partial charge is 0.496 e. The Hall–Kier alpha value is -1.61. The highest BCUT2D eigenvalue weighted by molar-refractivity contribution is 7.88. The fraction of sp³-hybridized carbons (Fsp3) is 0.500. The van der Waals surface area contributed by atoms with Crippen LogP contribution in [0, 0.1) is 6.92 Å². The Morgan fingerprint density at radius 1 is 1.29 bits per heavy atom. The molecule has 0 atom stereocenters. The summed E-state index contributed by atoms with van der Waals surface area (Å²) < 4.78 is 29.8. The Morgan fingerprint density at radius 3 is 2.21 bits per heavy atom. The number of aliphatic hydroxyl groups is 2. The molecule has 1 aromatic carbocycles. The van der Waals surface area contributed by atoms with E-state index < -0.39 is 10.0 Å². The van der Waals surface area contributed by atoms with E-state index in [9.17, 15) is 18.6 Å². The van der Waals surface area contributed by atoms with E-state index in [0.717, 1.165) is 11.8 Å². The monoisotopic (exact) mass is 361 g/mol. The van der Waals surface area contributed by atoms with Crippen molar-refractivity contribution < 1.29 is 28.1 Å². The van der Waals surface area contributed by atoms with Crippen LogP contribution in [0.5, 0.6) is 11.5 Å². The number of benzene rings is 1. The van der Waals surface area contributed by atoms with Gasteiger partial charge in [0.15, 0.2) is 0 Å². The van der Waals surface area contributed by atoms with Crippen molar-refractivity contribution in [1.82, 2.24) is 0 Å². The molecule has 1 rings (SSSR count). The zero-order valence-electron chi connectivity index (χ0n) is 14.8. The van der Waals surface area contributed by atoms with E-state index in [4.69, 9.17) is 9.47 Å². The lowest BCUT2D eigenvalue weighted by Crippen LogP contribution is -2.07. The van der Waals surface area contributed by atoms with Gasteiger partial charge in [-0.25, -0.2) is 13.6 Å². The molecule has 0 aliphatic heterocycles. The number of nitrogens with two attached hydrogens (primary N) is 1. The molecule has 8 heteroatoms. The highest BCUT2D eigenvalue weighted by atomic mass is 32.2. The van der Waals surface area contributed by atoms with E-state index >= 15 is 0 Å². The van der Waals surface area contributed by atoms with E-state index in [1.807, 2.05) is 26.8 Å². The van der Waals surface area contributed by atoms with Gasteiger partial charge in [0.2, 0.25) is 10.0 Å². The summed E-state index contributed by atoms with van der Waals surface area (Å²) in [5, 5.41) is 23.1. The fourth-order valence-electron chi connectivity index (χ4n) is 1.88.